The first kappa shape index (κ1) is 23.5. The van der Waals surface area contributed by atoms with Crippen molar-refractivity contribution < 1.29 is 28.7 Å². The highest BCUT2D eigenvalue weighted by Gasteiger charge is 2.29. The largest absolute Gasteiger partial charge is 0.490 e. The van der Waals surface area contributed by atoms with Crippen LogP contribution in [-0.2, 0) is 11.3 Å². The number of carbonyl (C=O) groups is 2. The molecule has 2 aromatic carbocycles. The van der Waals surface area contributed by atoms with Crippen LogP contribution in [0.1, 0.15) is 37.5 Å². The molecule has 0 aliphatic heterocycles. The van der Waals surface area contributed by atoms with Gasteiger partial charge >= 0.3 is 11.7 Å². The van der Waals surface area contributed by atoms with Crippen molar-refractivity contribution in [1.82, 2.24) is 4.40 Å². The van der Waals surface area contributed by atoms with Crippen LogP contribution in [-0.4, -0.2) is 35.3 Å². The number of nitro benzene ring substituents is 1. The van der Waals surface area contributed by atoms with Gasteiger partial charge in [-0.1, -0.05) is 30.3 Å². The molecule has 35 heavy (non-hydrogen) atoms. The van der Waals surface area contributed by atoms with E-state index in [4.69, 9.17) is 14.2 Å². The summed E-state index contributed by atoms with van der Waals surface area (Å²) in [5, 5.41) is 11.2. The standard InChI is InChI=1S/C26H22N2O7/c1-16-22(26(30)34-3)24-20(35-15-17-8-5-4-6-9-17)10-7-13-27(24)23(16)25(29)18-11-12-19(28(31)32)21(14-18)33-2/h4-14H,15H2,1-3H3. The smallest absolute Gasteiger partial charge is 0.340 e. The Morgan fingerprint density at radius 2 is 1.74 bits per heavy atom. The predicted molar refractivity (Wildman–Crippen MR) is 127 cm³/mol. The quantitative estimate of drug-likeness (QED) is 0.157. The SMILES string of the molecule is COC(=O)c1c(C)c(C(=O)c2ccc([N+](=O)[O-])c(OC)c2)n2cccc(OCc3ccccc3)c12. The Kier molecular flexibility index (Phi) is 6.50. The summed E-state index contributed by atoms with van der Waals surface area (Å²) in [5.41, 5.74) is 2.05. The Bertz CT molecular complexity index is 1440. The molecule has 9 heteroatoms. The van der Waals surface area contributed by atoms with E-state index in [2.05, 4.69) is 0 Å². The Hall–Kier alpha value is -4.66. The second-order valence-corrected chi connectivity index (χ2v) is 7.68. The van der Waals surface area contributed by atoms with Gasteiger partial charge in [0, 0.05) is 17.8 Å². The molecule has 0 unspecified atom stereocenters. The Morgan fingerprint density at radius 3 is 2.40 bits per heavy atom. The average Bonchev–Trinajstić information content (AvgIpc) is 3.18. The molecule has 0 saturated heterocycles. The molecule has 0 spiro atoms. The van der Waals surface area contributed by atoms with E-state index in [9.17, 15) is 19.7 Å². The Balaban J connectivity index is 1.86. The van der Waals surface area contributed by atoms with Gasteiger partial charge in [0.1, 0.15) is 17.9 Å². The summed E-state index contributed by atoms with van der Waals surface area (Å²) in [7, 11) is 2.56. The second-order valence-electron chi connectivity index (χ2n) is 7.68. The minimum absolute atomic E-state index is 0.0422. The number of nitro groups is 1. The number of hydrogen-bond acceptors (Lipinski definition) is 7. The van der Waals surface area contributed by atoms with Gasteiger partial charge in [-0.3, -0.25) is 14.9 Å². The fourth-order valence-electron chi connectivity index (χ4n) is 3.99. The second kappa shape index (κ2) is 9.68. The average molecular weight is 474 g/mol. The van der Waals surface area contributed by atoms with E-state index in [0.29, 0.717) is 16.8 Å². The molecular formula is C26H22N2O7. The van der Waals surface area contributed by atoms with Crippen LogP contribution in [0.15, 0.2) is 66.9 Å². The lowest BCUT2D eigenvalue weighted by Crippen LogP contribution is -2.08. The number of fused-ring (bicyclic) bond motifs is 1. The molecule has 0 aliphatic carbocycles. The molecule has 0 saturated carbocycles. The third-order valence-electron chi connectivity index (χ3n) is 5.65. The van der Waals surface area contributed by atoms with Gasteiger partial charge in [-0.25, -0.2) is 4.79 Å². The van der Waals surface area contributed by atoms with Gasteiger partial charge in [-0.05, 0) is 42.3 Å². The lowest BCUT2D eigenvalue weighted by atomic mass is 10.0. The number of pyridine rings is 1. The zero-order chi connectivity index (χ0) is 25.1. The normalized spacial score (nSPS) is 10.7. The summed E-state index contributed by atoms with van der Waals surface area (Å²) in [4.78, 5) is 37.0. The summed E-state index contributed by atoms with van der Waals surface area (Å²) in [5.74, 6) is -0.697. The topological polar surface area (TPSA) is 109 Å². The van der Waals surface area contributed by atoms with Crippen molar-refractivity contribution in [3.05, 3.63) is 105 Å². The summed E-state index contributed by atoms with van der Waals surface area (Å²) in [6.07, 6.45) is 1.65. The van der Waals surface area contributed by atoms with Crippen molar-refractivity contribution >= 4 is 23.0 Å². The van der Waals surface area contributed by atoms with Crippen LogP contribution in [0.5, 0.6) is 11.5 Å². The van der Waals surface area contributed by atoms with Gasteiger partial charge in [-0.15, -0.1) is 0 Å². The number of aromatic nitrogens is 1. The minimum Gasteiger partial charge on any atom is -0.490 e. The highest BCUT2D eigenvalue weighted by atomic mass is 16.6. The van der Waals surface area contributed by atoms with Crippen LogP contribution in [0.3, 0.4) is 0 Å². The number of hydrogen-bond donors (Lipinski definition) is 0. The van der Waals surface area contributed by atoms with Crippen molar-refractivity contribution in [3.8, 4) is 11.5 Å². The van der Waals surface area contributed by atoms with E-state index in [1.165, 1.54) is 32.4 Å². The van der Waals surface area contributed by atoms with Gasteiger partial charge in [0.05, 0.1) is 30.4 Å². The number of esters is 1. The van der Waals surface area contributed by atoms with Crippen LogP contribution in [0.2, 0.25) is 0 Å². The third kappa shape index (κ3) is 4.31. The monoisotopic (exact) mass is 474 g/mol. The van der Waals surface area contributed by atoms with Gasteiger partial charge in [0.25, 0.3) is 0 Å². The van der Waals surface area contributed by atoms with E-state index < -0.39 is 16.7 Å². The first-order valence-corrected chi connectivity index (χ1v) is 10.6. The number of ketones is 1. The van der Waals surface area contributed by atoms with Crippen LogP contribution >= 0.6 is 0 Å². The van der Waals surface area contributed by atoms with Crippen LogP contribution in [0.25, 0.3) is 5.52 Å². The molecule has 0 fully saturated rings. The van der Waals surface area contributed by atoms with Crippen molar-refractivity contribution in [2.45, 2.75) is 13.5 Å². The number of benzene rings is 2. The summed E-state index contributed by atoms with van der Waals surface area (Å²) in [6.45, 7) is 1.91. The molecule has 9 nitrogen and oxygen atoms in total. The van der Waals surface area contributed by atoms with Crippen LogP contribution in [0, 0.1) is 17.0 Å². The first-order valence-electron chi connectivity index (χ1n) is 10.6. The maximum atomic E-state index is 13.6. The van der Waals surface area contributed by atoms with Crippen LogP contribution in [0.4, 0.5) is 5.69 Å². The number of nitrogens with zero attached hydrogens (tertiary/aromatic N) is 2. The molecule has 4 rings (SSSR count). The van der Waals surface area contributed by atoms with E-state index in [0.717, 1.165) is 5.56 Å². The summed E-state index contributed by atoms with van der Waals surface area (Å²) >= 11 is 0. The van der Waals surface area contributed by atoms with Crippen LogP contribution < -0.4 is 9.47 Å². The van der Waals surface area contributed by atoms with Gasteiger partial charge < -0.3 is 18.6 Å². The molecule has 0 bridgehead atoms. The number of carbonyl (C=O) groups excluding carboxylic acids is 2. The van der Waals surface area contributed by atoms with E-state index in [1.807, 2.05) is 30.3 Å². The molecule has 0 N–H and O–H groups in total. The fraction of sp³-hybridized carbons (Fsp3) is 0.154. The Labute approximate surface area is 200 Å². The molecule has 4 aromatic rings. The maximum absolute atomic E-state index is 13.6. The molecule has 0 amide bonds. The van der Waals surface area contributed by atoms with E-state index in [1.54, 1.807) is 29.7 Å². The molecule has 178 valence electrons. The van der Waals surface area contributed by atoms with Crippen molar-refractivity contribution in [2.24, 2.45) is 0 Å². The lowest BCUT2D eigenvalue weighted by Gasteiger charge is -2.10. The molecule has 0 aliphatic rings. The summed E-state index contributed by atoms with van der Waals surface area (Å²) in [6, 6.07) is 16.8. The first-order chi connectivity index (χ1) is 16.9. The van der Waals surface area contributed by atoms with Crippen molar-refractivity contribution in [2.75, 3.05) is 14.2 Å². The lowest BCUT2D eigenvalue weighted by molar-refractivity contribution is -0.385. The van der Waals surface area contributed by atoms with Gasteiger partial charge in [0.15, 0.2) is 5.75 Å². The van der Waals surface area contributed by atoms with Gasteiger partial charge in [-0.2, -0.15) is 0 Å². The van der Waals surface area contributed by atoms with E-state index >= 15 is 0 Å². The van der Waals surface area contributed by atoms with Crippen molar-refractivity contribution in [1.29, 1.82) is 0 Å². The molecule has 0 radical (unpaired) electrons. The molecule has 2 heterocycles. The zero-order valence-corrected chi connectivity index (χ0v) is 19.3. The molecule has 2 aromatic heterocycles. The predicted octanol–water partition coefficient (Wildman–Crippen LogP) is 4.76. The number of rotatable bonds is 8. The number of ether oxygens (including phenoxy) is 3. The highest BCUT2D eigenvalue weighted by molar-refractivity contribution is 6.13. The maximum Gasteiger partial charge on any atom is 0.340 e. The molecule has 0 atom stereocenters. The van der Waals surface area contributed by atoms with Crippen molar-refractivity contribution in [3.63, 3.8) is 0 Å². The Morgan fingerprint density at radius 1 is 1.00 bits per heavy atom. The number of methoxy groups -OCH3 is 2. The molecular weight excluding hydrogens is 452 g/mol. The minimum atomic E-state index is -0.615. The zero-order valence-electron chi connectivity index (χ0n) is 19.3. The highest BCUT2D eigenvalue weighted by Crippen LogP contribution is 2.34. The van der Waals surface area contributed by atoms with E-state index in [-0.39, 0.29) is 34.9 Å². The third-order valence-corrected chi connectivity index (χ3v) is 5.65. The van der Waals surface area contributed by atoms with Gasteiger partial charge in [0.2, 0.25) is 5.78 Å². The fourth-order valence-corrected chi connectivity index (χ4v) is 3.99. The summed E-state index contributed by atoms with van der Waals surface area (Å²) < 4.78 is 17.7.